The van der Waals surface area contributed by atoms with Crippen molar-refractivity contribution in [2.45, 2.75) is 16.3 Å². The molecule has 1 aromatic heterocycles. The van der Waals surface area contributed by atoms with E-state index in [9.17, 15) is 24.6 Å². The van der Waals surface area contributed by atoms with E-state index in [1.165, 1.54) is 29.6 Å². The van der Waals surface area contributed by atoms with Gasteiger partial charge in [0, 0.05) is 27.9 Å². The second-order valence-corrected chi connectivity index (χ2v) is 8.87. The van der Waals surface area contributed by atoms with Gasteiger partial charge in [-0.2, -0.15) is 0 Å². The average Bonchev–Trinajstić information content (AvgIpc) is 3.21. The van der Waals surface area contributed by atoms with E-state index in [-0.39, 0.29) is 40.3 Å². The molecule has 3 N–H and O–H groups in total. The third-order valence-corrected chi connectivity index (χ3v) is 7.05. The predicted molar refractivity (Wildman–Crippen MR) is 114 cm³/mol. The van der Waals surface area contributed by atoms with Crippen molar-refractivity contribution in [1.29, 1.82) is 0 Å². The number of hydrogen-bond donors (Lipinski definition) is 3. The summed E-state index contributed by atoms with van der Waals surface area (Å²) in [5, 5.41) is 24.6. The van der Waals surface area contributed by atoms with Crippen LogP contribution < -0.4 is 5.32 Å². The minimum Gasteiger partial charge on any atom is -0.491 e. The van der Waals surface area contributed by atoms with Crippen LogP contribution in [0.2, 0.25) is 0 Å². The number of carbonyl (C=O) groups excluding carboxylic acids is 2. The third kappa shape index (κ3) is 4.06. The summed E-state index contributed by atoms with van der Waals surface area (Å²) in [7, 11) is 0. The molecule has 1 saturated heterocycles. The highest BCUT2D eigenvalue weighted by Gasteiger charge is 2.54. The molecule has 2 aliphatic rings. The van der Waals surface area contributed by atoms with Crippen molar-refractivity contribution in [3.8, 4) is 5.88 Å². The van der Waals surface area contributed by atoms with E-state index in [4.69, 9.17) is 4.52 Å². The molecular weight excluding hydrogens is 442 g/mol. The van der Waals surface area contributed by atoms with Crippen LogP contribution in [0.3, 0.4) is 0 Å². The summed E-state index contributed by atoms with van der Waals surface area (Å²) in [6.45, 7) is 3.83. The lowest BCUT2D eigenvalue weighted by Crippen LogP contribution is -2.70. The number of aromatic nitrogens is 1. The maximum atomic E-state index is 12.7. The molecular formula is C20H17N3O6S2. The van der Waals surface area contributed by atoms with E-state index in [0.717, 1.165) is 9.80 Å². The number of carbonyl (C=O) groups is 3. The van der Waals surface area contributed by atoms with Gasteiger partial charge in [0.05, 0.1) is 5.75 Å². The van der Waals surface area contributed by atoms with Crippen LogP contribution in [-0.2, 0) is 14.4 Å². The van der Waals surface area contributed by atoms with Crippen molar-refractivity contribution >= 4 is 46.9 Å². The molecule has 2 atom stereocenters. The molecule has 4 rings (SSSR count). The van der Waals surface area contributed by atoms with Gasteiger partial charge in [0.25, 0.3) is 11.8 Å². The van der Waals surface area contributed by atoms with Crippen molar-refractivity contribution in [3.63, 3.8) is 0 Å². The molecule has 2 amide bonds. The molecule has 1 aromatic carbocycles. The third-order valence-electron chi connectivity index (χ3n) is 4.76. The van der Waals surface area contributed by atoms with Gasteiger partial charge in [0.1, 0.15) is 17.1 Å². The second-order valence-electron chi connectivity index (χ2n) is 6.72. The predicted octanol–water partition coefficient (Wildman–Crippen LogP) is 1.92. The Hall–Kier alpha value is -3.18. The molecule has 2 aliphatic heterocycles. The number of β-lactam (4-membered cyclic amide) rings is 1. The van der Waals surface area contributed by atoms with E-state index in [1.54, 1.807) is 0 Å². The minimum atomic E-state index is -1.29. The number of benzene rings is 1. The largest absolute Gasteiger partial charge is 0.491 e. The lowest BCUT2D eigenvalue weighted by atomic mass is 9.98. The Morgan fingerprint density at radius 3 is 2.74 bits per heavy atom. The number of fused-ring (bicyclic) bond motifs is 1. The Bertz CT molecular complexity index is 1100. The Kier molecular flexibility index (Phi) is 5.79. The number of rotatable bonds is 7. The zero-order valence-electron chi connectivity index (χ0n) is 16.0. The Labute approximate surface area is 185 Å². The van der Waals surface area contributed by atoms with Gasteiger partial charge in [0.15, 0.2) is 5.76 Å². The maximum absolute atomic E-state index is 12.7. The zero-order chi connectivity index (χ0) is 22.1. The van der Waals surface area contributed by atoms with Crippen LogP contribution in [0.25, 0.3) is 5.57 Å². The van der Waals surface area contributed by atoms with Crippen molar-refractivity contribution in [3.05, 3.63) is 60.0 Å². The fourth-order valence-electron chi connectivity index (χ4n) is 3.29. The Morgan fingerprint density at radius 2 is 2.10 bits per heavy atom. The highest BCUT2D eigenvalue weighted by atomic mass is 32.2. The first-order valence-corrected chi connectivity index (χ1v) is 11.1. The molecule has 9 nitrogen and oxygen atoms in total. The molecule has 0 saturated carbocycles. The summed E-state index contributed by atoms with van der Waals surface area (Å²) >= 11 is 2.67. The van der Waals surface area contributed by atoms with Crippen LogP contribution >= 0.6 is 23.5 Å². The number of allylic oxidation sites excluding steroid dienone is 1. The minimum absolute atomic E-state index is 0.112. The van der Waals surface area contributed by atoms with Crippen LogP contribution in [0.15, 0.2) is 63.7 Å². The van der Waals surface area contributed by atoms with Crippen molar-refractivity contribution in [2.24, 2.45) is 0 Å². The van der Waals surface area contributed by atoms with Crippen molar-refractivity contribution in [1.82, 2.24) is 15.4 Å². The van der Waals surface area contributed by atoms with E-state index in [2.05, 4.69) is 17.1 Å². The van der Waals surface area contributed by atoms with E-state index < -0.39 is 23.3 Å². The van der Waals surface area contributed by atoms with E-state index in [0.29, 0.717) is 5.57 Å². The molecule has 1 fully saturated rings. The quantitative estimate of drug-likeness (QED) is 0.419. The average molecular weight is 460 g/mol. The molecule has 3 heterocycles. The fourth-order valence-corrected chi connectivity index (χ4v) is 5.40. The van der Waals surface area contributed by atoms with Crippen LogP contribution in [0, 0.1) is 0 Å². The number of nitrogens with one attached hydrogen (secondary N) is 1. The Balaban J connectivity index is 1.46. The van der Waals surface area contributed by atoms with Gasteiger partial charge >= 0.3 is 5.97 Å². The van der Waals surface area contributed by atoms with Crippen molar-refractivity contribution in [2.75, 3.05) is 11.5 Å². The van der Waals surface area contributed by atoms with Gasteiger partial charge in [-0.1, -0.05) is 24.8 Å². The molecule has 0 spiro atoms. The highest BCUT2D eigenvalue weighted by molar-refractivity contribution is 8.00. The van der Waals surface area contributed by atoms with Crippen LogP contribution in [0.1, 0.15) is 5.76 Å². The summed E-state index contributed by atoms with van der Waals surface area (Å²) in [5.41, 5.74) is 0.303. The number of nitrogens with zero attached hydrogens (tertiary/aromatic N) is 2. The van der Waals surface area contributed by atoms with Gasteiger partial charge in [-0.25, -0.2) is 4.79 Å². The number of carboxylic acids is 1. The first-order valence-electron chi connectivity index (χ1n) is 9.10. The number of amides is 2. The molecule has 31 heavy (non-hydrogen) atoms. The number of hydrogen-bond acceptors (Lipinski definition) is 8. The molecule has 0 unspecified atom stereocenters. The van der Waals surface area contributed by atoms with Gasteiger partial charge in [0.2, 0.25) is 5.91 Å². The first kappa shape index (κ1) is 21.1. The Morgan fingerprint density at radius 1 is 1.35 bits per heavy atom. The molecule has 11 heteroatoms. The molecule has 2 aromatic rings. The van der Waals surface area contributed by atoms with Crippen LogP contribution in [0.5, 0.6) is 5.88 Å². The van der Waals surface area contributed by atoms with Gasteiger partial charge in [-0.05, 0) is 17.3 Å². The highest BCUT2D eigenvalue weighted by Crippen LogP contribution is 2.43. The van der Waals surface area contributed by atoms with Gasteiger partial charge < -0.3 is 20.1 Å². The normalized spacial score (nSPS) is 20.1. The SMILES string of the molecule is C=C(C1=C(C(=O)O)N2C(=O)[C@@H](NC(=O)CSc3ccccc3)[C@H]2SC1)c1cc(O)no1. The summed E-state index contributed by atoms with van der Waals surface area (Å²) in [5.74, 6) is -1.96. The van der Waals surface area contributed by atoms with Crippen molar-refractivity contribution < 1.29 is 29.1 Å². The number of aliphatic carboxylic acids is 1. The molecule has 0 radical (unpaired) electrons. The first-order chi connectivity index (χ1) is 14.9. The smallest absolute Gasteiger partial charge is 0.352 e. The second kappa shape index (κ2) is 8.52. The molecule has 0 aliphatic carbocycles. The fraction of sp³-hybridized carbons (Fsp3) is 0.200. The zero-order valence-corrected chi connectivity index (χ0v) is 17.6. The van der Waals surface area contributed by atoms with Gasteiger partial charge in [-0.3, -0.25) is 14.5 Å². The molecule has 0 bridgehead atoms. The monoisotopic (exact) mass is 459 g/mol. The topological polar surface area (TPSA) is 133 Å². The molecule has 160 valence electrons. The lowest BCUT2D eigenvalue weighted by molar-refractivity contribution is -0.150. The summed E-state index contributed by atoms with van der Waals surface area (Å²) < 4.78 is 4.95. The number of aromatic hydroxyl groups is 1. The summed E-state index contributed by atoms with van der Waals surface area (Å²) in [6, 6.07) is 9.82. The maximum Gasteiger partial charge on any atom is 0.352 e. The van der Waals surface area contributed by atoms with Crippen LogP contribution in [0.4, 0.5) is 0 Å². The van der Waals surface area contributed by atoms with Gasteiger partial charge in [-0.15, -0.1) is 23.5 Å². The lowest BCUT2D eigenvalue weighted by Gasteiger charge is -2.49. The standard InChI is InChI=1S/C20H17N3O6S2/c1-10(13-7-14(24)22-29-13)12-8-31-19-16(18(26)23(19)17(12)20(27)28)21-15(25)9-30-11-5-3-2-4-6-11/h2-7,16,19H,1,8-9H2,(H,21,25)(H,22,24)(H,27,28)/t16-,19-/m1/s1. The summed E-state index contributed by atoms with van der Waals surface area (Å²) in [4.78, 5) is 39.1. The number of carboxylic acid groups (broad SMARTS) is 1. The van der Waals surface area contributed by atoms with E-state index >= 15 is 0 Å². The summed E-state index contributed by atoms with van der Waals surface area (Å²) in [6.07, 6.45) is 0. The van der Waals surface area contributed by atoms with Crippen LogP contribution in [-0.4, -0.2) is 61.0 Å². The van der Waals surface area contributed by atoms with E-state index in [1.807, 2.05) is 30.3 Å². The number of thioether (sulfide) groups is 2.